The van der Waals surface area contributed by atoms with Gasteiger partial charge in [0.2, 0.25) is 0 Å². The van der Waals surface area contributed by atoms with Crippen LogP contribution in [0.2, 0.25) is 0 Å². The molecule has 0 saturated carbocycles. The molecule has 0 aromatic heterocycles. The first-order valence-corrected chi connectivity index (χ1v) is 5.76. The number of rotatable bonds is 5. The van der Waals surface area contributed by atoms with Crippen LogP contribution < -0.4 is 5.48 Å². The van der Waals surface area contributed by atoms with Gasteiger partial charge in [-0.1, -0.05) is 0 Å². The zero-order valence-electron chi connectivity index (χ0n) is 9.75. The molecule has 1 fully saturated rings. The molecule has 14 heavy (non-hydrogen) atoms. The maximum atomic E-state index is 5.15. The molecule has 84 valence electrons. The summed E-state index contributed by atoms with van der Waals surface area (Å²) in [6.07, 6.45) is 3.88. The molecule has 1 rings (SSSR count). The van der Waals surface area contributed by atoms with Crippen molar-refractivity contribution < 1.29 is 4.84 Å². The summed E-state index contributed by atoms with van der Waals surface area (Å²) in [6.45, 7) is 7.95. The predicted octanol–water partition coefficient (Wildman–Crippen LogP) is 1.65. The minimum absolute atomic E-state index is 0.713. The normalized spacial score (nSPS) is 20.6. The van der Waals surface area contributed by atoms with Crippen molar-refractivity contribution in [2.45, 2.75) is 39.2 Å². The summed E-state index contributed by atoms with van der Waals surface area (Å²) >= 11 is 0. The third-order valence-corrected chi connectivity index (χ3v) is 3.15. The van der Waals surface area contributed by atoms with Crippen molar-refractivity contribution in [2.75, 3.05) is 26.7 Å². The quantitative estimate of drug-likeness (QED) is 0.539. The van der Waals surface area contributed by atoms with Crippen molar-refractivity contribution in [1.82, 2.24) is 10.4 Å². The SMILES string of the molecule is CNOCCC1CCN(C(C)C)CC1. The minimum atomic E-state index is 0.713. The second-order valence-electron chi connectivity index (χ2n) is 4.41. The molecule has 0 radical (unpaired) electrons. The van der Waals surface area contributed by atoms with E-state index < -0.39 is 0 Å². The molecule has 0 atom stereocenters. The predicted molar refractivity (Wildman–Crippen MR) is 59.1 cm³/mol. The molecule has 1 aliphatic heterocycles. The van der Waals surface area contributed by atoms with Crippen molar-refractivity contribution in [3.05, 3.63) is 0 Å². The first kappa shape index (κ1) is 12.0. The number of likely N-dealkylation sites (tertiary alicyclic amines) is 1. The van der Waals surface area contributed by atoms with Crippen LogP contribution in [0.3, 0.4) is 0 Å². The van der Waals surface area contributed by atoms with Gasteiger partial charge in [-0.3, -0.25) is 0 Å². The molecule has 0 aliphatic carbocycles. The fourth-order valence-corrected chi connectivity index (χ4v) is 2.09. The Balaban J connectivity index is 2.09. The molecule has 3 nitrogen and oxygen atoms in total. The van der Waals surface area contributed by atoms with Crippen molar-refractivity contribution in [2.24, 2.45) is 5.92 Å². The van der Waals surface area contributed by atoms with E-state index in [2.05, 4.69) is 24.2 Å². The van der Waals surface area contributed by atoms with Gasteiger partial charge >= 0.3 is 0 Å². The van der Waals surface area contributed by atoms with Crippen LogP contribution in [0.5, 0.6) is 0 Å². The van der Waals surface area contributed by atoms with Crippen LogP contribution in [0, 0.1) is 5.92 Å². The number of hydrogen-bond acceptors (Lipinski definition) is 3. The Morgan fingerprint density at radius 2 is 2.00 bits per heavy atom. The lowest BCUT2D eigenvalue weighted by Crippen LogP contribution is -2.38. The van der Waals surface area contributed by atoms with E-state index in [1.807, 2.05) is 7.05 Å². The fraction of sp³-hybridized carbons (Fsp3) is 1.00. The van der Waals surface area contributed by atoms with Gasteiger partial charge < -0.3 is 9.74 Å². The van der Waals surface area contributed by atoms with Crippen LogP contribution in [-0.2, 0) is 4.84 Å². The Morgan fingerprint density at radius 1 is 1.36 bits per heavy atom. The van der Waals surface area contributed by atoms with Crippen LogP contribution in [-0.4, -0.2) is 37.7 Å². The van der Waals surface area contributed by atoms with Gasteiger partial charge in [0.1, 0.15) is 0 Å². The van der Waals surface area contributed by atoms with E-state index in [-0.39, 0.29) is 0 Å². The van der Waals surface area contributed by atoms with Gasteiger partial charge in [-0.05, 0) is 52.1 Å². The Hall–Kier alpha value is -0.120. The molecular weight excluding hydrogens is 176 g/mol. The average Bonchev–Trinajstić information content (AvgIpc) is 2.19. The monoisotopic (exact) mass is 200 g/mol. The molecule has 1 N–H and O–H groups in total. The van der Waals surface area contributed by atoms with Gasteiger partial charge in [0.05, 0.1) is 6.61 Å². The van der Waals surface area contributed by atoms with E-state index in [1.165, 1.54) is 32.4 Å². The lowest BCUT2D eigenvalue weighted by atomic mass is 9.93. The lowest BCUT2D eigenvalue weighted by Gasteiger charge is -2.34. The number of piperidine rings is 1. The van der Waals surface area contributed by atoms with Gasteiger partial charge in [-0.25, -0.2) is 5.48 Å². The largest absolute Gasteiger partial charge is 0.302 e. The van der Waals surface area contributed by atoms with Gasteiger partial charge in [-0.2, -0.15) is 0 Å². The van der Waals surface area contributed by atoms with Crippen LogP contribution in [0.25, 0.3) is 0 Å². The van der Waals surface area contributed by atoms with E-state index >= 15 is 0 Å². The second kappa shape index (κ2) is 6.38. The summed E-state index contributed by atoms with van der Waals surface area (Å²) in [5, 5.41) is 0. The van der Waals surface area contributed by atoms with Crippen LogP contribution in [0.4, 0.5) is 0 Å². The third-order valence-electron chi connectivity index (χ3n) is 3.15. The summed E-state index contributed by atoms with van der Waals surface area (Å²) < 4.78 is 0. The topological polar surface area (TPSA) is 24.5 Å². The summed E-state index contributed by atoms with van der Waals surface area (Å²) in [5.41, 5.74) is 2.72. The number of hydrogen-bond donors (Lipinski definition) is 1. The highest BCUT2D eigenvalue weighted by atomic mass is 16.6. The third kappa shape index (κ3) is 3.95. The van der Waals surface area contributed by atoms with Crippen molar-refractivity contribution >= 4 is 0 Å². The maximum absolute atomic E-state index is 5.15. The van der Waals surface area contributed by atoms with Gasteiger partial charge in [0, 0.05) is 13.1 Å². The molecule has 0 aromatic carbocycles. The van der Waals surface area contributed by atoms with Gasteiger partial charge in [0.25, 0.3) is 0 Å². The Bertz CT molecular complexity index is 142. The molecule has 0 bridgehead atoms. The number of nitrogens with zero attached hydrogens (tertiary/aromatic N) is 1. The summed E-state index contributed by atoms with van der Waals surface area (Å²) in [6, 6.07) is 0.713. The van der Waals surface area contributed by atoms with Crippen molar-refractivity contribution in [3.63, 3.8) is 0 Å². The highest BCUT2D eigenvalue weighted by Crippen LogP contribution is 2.21. The smallest absolute Gasteiger partial charge is 0.0684 e. The summed E-state index contributed by atoms with van der Waals surface area (Å²) in [4.78, 5) is 7.71. The highest BCUT2D eigenvalue weighted by Gasteiger charge is 2.20. The fourth-order valence-electron chi connectivity index (χ4n) is 2.09. The number of hydroxylamine groups is 1. The van der Waals surface area contributed by atoms with Gasteiger partial charge in [-0.15, -0.1) is 0 Å². The van der Waals surface area contributed by atoms with Crippen LogP contribution in [0.1, 0.15) is 33.1 Å². The minimum Gasteiger partial charge on any atom is -0.302 e. The van der Waals surface area contributed by atoms with E-state index in [1.54, 1.807) is 0 Å². The molecule has 1 aliphatic rings. The molecular formula is C11H24N2O. The molecule has 3 heteroatoms. The Morgan fingerprint density at radius 3 is 2.50 bits per heavy atom. The zero-order valence-corrected chi connectivity index (χ0v) is 9.75. The molecule has 0 spiro atoms. The Kier molecular flexibility index (Phi) is 5.45. The first-order chi connectivity index (χ1) is 6.74. The maximum Gasteiger partial charge on any atom is 0.0684 e. The second-order valence-corrected chi connectivity index (χ2v) is 4.41. The highest BCUT2D eigenvalue weighted by molar-refractivity contribution is 4.74. The van der Waals surface area contributed by atoms with Crippen LogP contribution in [0.15, 0.2) is 0 Å². The lowest BCUT2D eigenvalue weighted by molar-refractivity contribution is 0.0393. The first-order valence-electron chi connectivity index (χ1n) is 5.76. The molecule has 1 saturated heterocycles. The summed E-state index contributed by atoms with van der Waals surface area (Å²) in [7, 11) is 1.82. The zero-order chi connectivity index (χ0) is 10.4. The molecule has 0 amide bonds. The Labute approximate surface area is 87.8 Å². The average molecular weight is 200 g/mol. The van der Waals surface area contributed by atoms with Gasteiger partial charge in [0.15, 0.2) is 0 Å². The molecule has 0 unspecified atom stereocenters. The summed E-state index contributed by atoms with van der Waals surface area (Å²) in [5.74, 6) is 0.873. The molecule has 0 aromatic rings. The van der Waals surface area contributed by atoms with Crippen molar-refractivity contribution in [3.8, 4) is 0 Å². The van der Waals surface area contributed by atoms with E-state index in [0.29, 0.717) is 6.04 Å². The van der Waals surface area contributed by atoms with E-state index in [9.17, 15) is 0 Å². The van der Waals surface area contributed by atoms with Crippen molar-refractivity contribution in [1.29, 1.82) is 0 Å². The molecule has 1 heterocycles. The van der Waals surface area contributed by atoms with Crippen LogP contribution >= 0.6 is 0 Å². The standard InChI is InChI=1S/C11H24N2O/c1-10(2)13-7-4-11(5-8-13)6-9-14-12-3/h10-12H,4-9H2,1-3H3. The van der Waals surface area contributed by atoms with E-state index in [0.717, 1.165) is 12.5 Å². The number of nitrogens with one attached hydrogen (secondary N) is 1. The van der Waals surface area contributed by atoms with E-state index in [4.69, 9.17) is 4.84 Å².